The average Bonchev–Trinajstić information content (AvgIpc) is 2.78. The van der Waals surface area contributed by atoms with Crippen molar-refractivity contribution in [2.45, 2.75) is 52.6 Å². The van der Waals surface area contributed by atoms with Crippen LogP contribution in [0.4, 0.5) is 0 Å². The normalized spacial score (nSPS) is 13.8. The van der Waals surface area contributed by atoms with Crippen LogP contribution in [0.5, 0.6) is 23.0 Å². The van der Waals surface area contributed by atoms with E-state index in [9.17, 15) is 14.7 Å². The first kappa shape index (κ1) is 25.2. The van der Waals surface area contributed by atoms with E-state index in [1.807, 2.05) is 45.9 Å². The number of hydrogen-bond donors (Lipinski definition) is 2. The van der Waals surface area contributed by atoms with Gasteiger partial charge in [-0.2, -0.15) is 0 Å². The molecule has 2 N–H and O–H groups in total. The van der Waals surface area contributed by atoms with E-state index < -0.39 is 11.6 Å². The van der Waals surface area contributed by atoms with Gasteiger partial charge in [0, 0.05) is 24.1 Å². The first-order valence-corrected chi connectivity index (χ1v) is 11.7. The highest BCUT2D eigenvalue weighted by Gasteiger charge is 2.29. The maximum atomic E-state index is 14.1. The van der Waals surface area contributed by atoms with Crippen LogP contribution in [-0.2, 0) is 11.2 Å². The average molecular weight is 495 g/mol. The number of carboxylic acid groups (broad SMARTS) is 1. The van der Waals surface area contributed by atoms with E-state index in [1.54, 1.807) is 6.07 Å². The predicted molar refractivity (Wildman–Crippen MR) is 137 cm³/mol. The Morgan fingerprint density at radius 2 is 1.86 bits per heavy atom. The molecule has 0 unspecified atom stereocenters. The second-order valence-corrected chi connectivity index (χ2v) is 9.57. The summed E-state index contributed by atoms with van der Waals surface area (Å²) < 4.78 is 23.8. The van der Waals surface area contributed by atoms with Crippen LogP contribution in [-0.4, -0.2) is 35.5 Å². The van der Waals surface area contributed by atoms with Gasteiger partial charge in [-0.15, -0.1) is 0 Å². The van der Waals surface area contributed by atoms with Crippen LogP contribution in [0, 0.1) is 0 Å². The number of aliphatic carboxylic acids is 1. The maximum absolute atomic E-state index is 14.1. The van der Waals surface area contributed by atoms with Crippen LogP contribution in [0.25, 0.3) is 28.0 Å². The molecule has 8 heteroatoms. The minimum absolute atomic E-state index is 0.0623. The van der Waals surface area contributed by atoms with Crippen LogP contribution >= 0.6 is 0 Å². The summed E-state index contributed by atoms with van der Waals surface area (Å²) in [6, 6.07) is 3.02. The number of hydrogen-bond acceptors (Lipinski definition) is 7. The third kappa shape index (κ3) is 4.76. The molecule has 0 radical (unpaired) electrons. The van der Waals surface area contributed by atoms with E-state index in [2.05, 4.69) is 0 Å². The second-order valence-electron chi connectivity index (χ2n) is 9.57. The van der Waals surface area contributed by atoms with Gasteiger partial charge in [0.25, 0.3) is 0 Å². The lowest BCUT2D eigenvalue weighted by molar-refractivity contribution is -0.137. The quantitative estimate of drug-likeness (QED) is 0.236. The van der Waals surface area contributed by atoms with Crippen LogP contribution in [0.2, 0.25) is 0 Å². The van der Waals surface area contributed by atoms with E-state index in [-0.39, 0.29) is 64.1 Å². The van der Waals surface area contributed by atoms with Crippen molar-refractivity contribution < 1.29 is 33.6 Å². The van der Waals surface area contributed by atoms with Crippen molar-refractivity contribution in [2.75, 3.05) is 13.7 Å². The van der Waals surface area contributed by atoms with Gasteiger partial charge in [-0.1, -0.05) is 11.6 Å². The van der Waals surface area contributed by atoms with Crippen molar-refractivity contribution in [2.24, 2.45) is 0 Å². The Bertz CT molecular complexity index is 1470. The number of ether oxygens (including phenoxy) is 3. The van der Waals surface area contributed by atoms with Crippen molar-refractivity contribution in [3.05, 3.63) is 51.2 Å². The molecule has 0 bridgehead atoms. The zero-order valence-electron chi connectivity index (χ0n) is 21.1. The highest BCUT2D eigenvalue weighted by atomic mass is 16.5. The fraction of sp³-hybridized carbons (Fsp3) is 0.357. The van der Waals surface area contributed by atoms with Crippen molar-refractivity contribution in [3.8, 4) is 23.0 Å². The highest BCUT2D eigenvalue weighted by Crippen LogP contribution is 2.44. The van der Waals surface area contributed by atoms with Gasteiger partial charge < -0.3 is 28.8 Å². The van der Waals surface area contributed by atoms with Gasteiger partial charge in [0.2, 0.25) is 5.43 Å². The van der Waals surface area contributed by atoms with Gasteiger partial charge in [-0.25, -0.2) is 0 Å². The summed E-state index contributed by atoms with van der Waals surface area (Å²) in [5.41, 5.74) is 1.67. The predicted octanol–water partition coefficient (Wildman–Crippen LogP) is 5.60. The molecule has 8 nitrogen and oxygen atoms in total. The summed E-state index contributed by atoms with van der Waals surface area (Å²) in [6.07, 6.45) is 6.21. The van der Waals surface area contributed by atoms with Crippen molar-refractivity contribution in [3.63, 3.8) is 0 Å². The topological polar surface area (TPSA) is 115 Å². The van der Waals surface area contributed by atoms with Crippen molar-refractivity contribution in [1.82, 2.24) is 0 Å². The smallest absolute Gasteiger partial charge is 0.303 e. The number of rotatable bonds is 8. The molecule has 2 aromatic carbocycles. The molecule has 1 aliphatic rings. The SMILES string of the molecule is COc1c(O)cc2oc3cc4c(c(OCCCC(=O)O)c3c(=O)c2c1CC=C(C)C)C=CC(C)(C)O4. The Morgan fingerprint density at radius 1 is 1.14 bits per heavy atom. The Kier molecular flexibility index (Phi) is 6.71. The van der Waals surface area contributed by atoms with Crippen LogP contribution < -0.4 is 19.6 Å². The summed E-state index contributed by atoms with van der Waals surface area (Å²) in [5.74, 6) is -0.0971. The monoisotopic (exact) mass is 494 g/mol. The van der Waals surface area contributed by atoms with Crippen molar-refractivity contribution in [1.29, 1.82) is 0 Å². The van der Waals surface area contributed by atoms with Gasteiger partial charge in [-0.05, 0) is 52.7 Å². The van der Waals surface area contributed by atoms with E-state index in [4.69, 9.17) is 23.7 Å². The number of allylic oxidation sites excluding steroid dienone is 2. The Hall–Kier alpha value is -3.94. The zero-order valence-corrected chi connectivity index (χ0v) is 21.1. The lowest BCUT2D eigenvalue weighted by Gasteiger charge is -2.29. The molecule has 4 rings (SSSR count). The number of carboxylic acids is 1. The minimum Gasteiger partial charge on any atom is -0.504 e. The van der Waals surface area contributed by atoms with Crippen LogP contribution in [0.3, 0.4) is 0 Å². The summed E-state index contributed by atoms with van der Waals surface area (Å²) >= 11 is 0. The lowest BCUT2D eigenvalue weighted by Crippen LogP contribution is -2.27. The zero-order chi connectivity index (χ0) is 26.2. The summed E-state index contributed by atoms with van der Waals surface area (Å²) in [7, 11) is 1.44. The van der Waals surface area contributed by atoms with Crippen molar-refractivity contribution >= 4 is 34.0 Å². The standard InChI is InChI=1S/C28H30O8/c1-15(2)8-9-17-23-20(13-18(29)26(17)33-5)35-21-14-19-16(10-11-28(3,4)36-19)27(24(21)25(23)32)34-12-6-7-22(30)31/h8,10-11,13-14,29H,6-7,9,12H2,1-5H3,(H,30,31). The van der Waals surface area contributed by atoms with Crippen LogP contribution in [0.1, 0.15) is 51.7 Å². The molecule has 0 saturated carbocycles. The fourth-order valence-corrected chi connectivity index (χ4v) is 4.29. The molecule has 1 aliphatic heterocycles. The summed E-state index contributed by atoms with van der Waals surface area (Å²) in [6.45, 7) is 7.79. The molecule has 0 fully saturated rings. The molecular formula is C28H30O8. The summed E-state index contributed by atoms with van der Waals surface area (Å²) in [4.78, 5) is 25.0. The third-order valence-corrected chi connectivity index (χ3v) is 5.97. The number of fused-ring (bicyclic) bond motifs is 3. The molecule has 190 valence electrons. The molecule has 3 aromatic rings. The van der Waals surface area contributed by atoms with E-state index in [1.165, 1.54) is 13.2 Å². The third-order valence-electron chi connectivity index (χ3n) is 5.97. The Labute approximate surface area is 208 Å². The number of aromatic hydroxyl groups is 1. The molecule has 0 atom stereocenters. The van der Waals surface area contributed by atoms with Gasteiger partial charge >= 0.3 is 5.97 Å². The minimum atomic E-state index is -0.926. The van der Waals surface area contributed by atoms with Crippen LogP contribution in [0.15, 0.2) is 39.1 Å². The first-order chi connectivity index (χ1) is 17.0. The number of phenolic OH excluding ortho intramolecular Hbond substituents is 1. The maximum Gasteiger partial charge on any atom is 0.303 e. The fourth-order valence-electron chi connectivity index (χ4n) is 4.29. The molecule has 0 aliphatic carbocycles. The van der Waals surface area contributed by atoms with Gasteiger partial charge in [0.1, 0.15) is 33.7 Å². The largest absolute Gasteiger partial charge is 0.504 e. The van der Waals surface area contributed by atoms with E-state index >= 15 is 0 Å². The van der Waals surface area contributed by atoms with Gasteiger partial charge in [0.15, 0.2) is 11.5 Å². The van der Waals surface area contributed by atoms with Gasteiger partial charge in [0.05, 0.1) is 24.7 Å². The molecule has 0 spiro atoms. The van der Waals surface area contributed by atoms with E-state index in [0.717, 1.165) is 5.57 Å². The molecule has 1 aromatic heterocycles. The molecule has 36 heavy (non-hydrogen) atoms. The summed E-state index contributed by atoms with van der Waals surface area (Å²) in [5, 5.41) is 20.1. The Morgan fingerprint density at radius 3 is 2.53 bits per heavy atom. The molecular weight excluding hydrogens is 464 g/mol. The van der Waals surface area contributed by atoms with Gasteiger partial charge in [-0.3, -0.25) is 9.59 Å². The Balaban J connectivity index is 2.04. The number of methoxy groups -OCH3 is 1. The number of phenols is 1. The molecule has 0 amide bonds. The molecule has 0 saturated heterocycles. The lowest BCUT2D eigenvalue weighted by atomic mass is 9.97. The number of benzene rings is 2. The highest BCUT2D eigenvalue weighted by molar-refractivity contribution is 5.99. The molecule has 2 heterocycles. The number of carbonyl (C=O) groups is 1. The van der Waals surface area contributed by atoms with E-state index in [0.29, 0.717) is 23.3 Å². The first-order valence-electron chi connectivity index (χ1n) is 11.7. The second kappa shape index (κ2) is 9.60.